The van der Waals surface area contributed by atoms with Crippen molar-refractivity contribution in [1.29, 1.82) is 0 Å². The van der Waals surface area contributed by atoms with Crippen LogP contribution in [0.25, 0.3) is 0 Å². The normalized spacial score (nSPS) is 13.8. The Morgan fingerprint density at radius 2 is 0.976 bits per heavy atom. The zero-order chi connectivity index (χ0) is 60.8. The van der Waals surface area contributed by atoms with E-state index in [2.05, 4.69) is 53.1 Å². The predicted octanol–water partition coefficient (Wildman–Crippen LogP) is 16.8. The molecule has 3 aliphatic rings. The smallest absolute Gasteiger partial charge is 0.322 e. The molecule has 7 N–H and O–H groups in total. The van der Waals surface area contributed by atoms with Crippen molar-refractivity contribution in [2.24, 2.45) is 0 Å². The number of aryl methyl sites for hydroxylation is 3. The van der Waals surface area contributed by atoms with Crippen molar-refractivity contribution >= 4 is 131 Å². The fourth-order valence-corrected chi connectivity index (χ4v) is 11.9. The monoisotopic (exact) mass is 1380 g/mol. The van der Waals surface area contributed by atoms with Gasteiger partial charge in [0.25, 0.3) is 5.91 Å². The lowest BCUT2D eigenvalue weighted by Crippen LogP contribution is -2.29. The van der Waals surface area contributed by atoms with Crippen LogP contribution in [0.3, 0.4) is 0 Å². The number of anilines is 3. The van der Waals surface area contributed by atoms with Crippen molar-refractivity contribution in [3.05, 3.63) is 169 Å². The van der Waals surface area contributed by atoms with Crippen LogP contribution < -0.4 is 35.5 Å². The first kappa shape index (κ1) is 65.8. The maximum Gasteiger partial charge on any atom is 0.322 e. The van der Waals surface area contributed by atoms with Gasteiger partial charge in [0.2, 0.25) is 0 Å². The number of carboxylic acids is 3. The van der Waals surface area contributed by atoms with Crippen LogP contribution in [0.2, 0.25) is 25.1 Å². The Morgan fingerprint density at radius 3 is 1.39 bits per heavy atom. The topological polar surface area (TPSA) is 205 Å². The molecule has 0 aromatic heterocycles. The Morgan fingerprint density at radius 1 is 0.548 bits per heavy atom. The van der Waals surface area contributed by atoms with Gasteiger partial charge < -0.3 is 50.8 Å². The van der Waals surface area contributed by atoms with Gasteiger partial charge in [0.15, 0.2) is 23.1 Å². The molecule has 23 heteroatoms. The van der Waals surface area contributed by atoms with Gasteiger partial charge in [0.05, 0.1) is 57.5 Å². The van der Waals surface area contributed by atoms with Gasteiger partial charge >= 0.3 is 17.9 Å². The Kier molecular flexibility index (Phi) is 24.3. The fraction of sp³-hybridized carbons (Fsp3) is 0.344. The molecule has 3 saturated carbocycles. The van der Waals surface area contributed by atoms with E-state index in [1.54, 1.807) is 48.5 Å². The van der Waals surface area contributed by atoms with Gasteiger partial charge in [-0.05, 0) is 199 Å². The second-order valence-electron chi connectivity index (χ2n) is 20.6. The van der Waals surface area contributed by atoms with E-state index >= 15 is 0 Å². The van der Waals surface area contributed by atoms with E-state index < -0.39 is 30.4 Å². The van der Waals surface area contributed by atoms with E-state index in [1.165, 1.54) is 25.0 Å². The molecule has 0 radical (unpaired) electrons. The summed E-state index contributed by atoms with van der Waals surface area (Å²) in [5, 5.41) is 40.3. The molecule has 0 saturated heterocycles. The van der Waals surface area contributed by atoms with Gasteiger partial charge in [-0.3, -0.25) is 19.2 Å². The van der Waals surface area contributed by atoms with Crippen molar-refractivity contribution in [2.45, 2.75) is 129 Å². The third kappa shape index (κ3) is 18.9. The largest absolute Gasteiger partial charge is 0.486 e. The summed E-state index contributed by atoms with van der Waals surface area (Å²) >= 11 is 38.1. The summed E-state index contributed by atoms with van der Waals surface area (Å²) in [6, 6.07) is 23.4. The number of rotatable bonds is 23. The lowest BCUT2D eigenvalue weighted by molar-refractivity contribution is -0.137. The molecular weight excluding hydrogens is 1320 g/mol. The third-order valence-electron chi connectivity index (χ3n) is 13.9. The summed E-state index contributed by atoms with van der Waals surface area (Å²) in [6.45, 7) is 3.54. The van der Waals surface area contributed by atoms with Crippen molar-refractivity contribution in [2.75, 3.05) is 22.5 Å². The van der Waals surface area contributed by atoms with E-state index in [0.717, 1.165) is 67.3 Å². The molecule has 0 heterocycles. The van der Waals surface area contributed by atoms with Crippen molar-refractivity contribution in [3.8, 4) is 17.2 Å². The van der Waals surface area contributed by atoms with E-state index in [-0.39, 0.29) is 75.7 Å². The van der Waals surface area contributed by atoms with Crippen molar-refractivity contribution < 1.29 is 57.5 Å². The Hall–Kier alpha value is -5.73. The van der Waals surface area contributed by atoms with Crippen LogP contribution in [0, 0.1) is 25.5 Å². The van der Waals surface area contributed by atoms with Crippen molar-refractivity contribution in [1.82, 2.24) is 5.32 Å². The summed E-state index contributed by atoms with van der Waals surface area (Å²) in [6.07, 6.45) is 10.2. The number of hydrogen-bond acceptors (Lipinski definition) is 10. The van der Waals surface area contributed by atoms with Gasteiger partial charge in [-0.15, -0.1) is 0 Å². The molecule has 1 amide bonds. The lowest BCUT2D eigenvalue weighted by atomic mass is 9.92. The number of carboxylic acid groups (broad SMARTS) is 3. The van der Waals surface area contributed by atoms with Crippen LogP contribution in [0.1, 0.15) is 114 Å². The standard InChI is InChI=1S/C21H21Br2FN2O4.C21H22Cl2FNO3.C19H18Cl3NO3/c1-11-5-13(19(24)17(6-11)26-14-3-2-4-14)10-30-20-15(22)7-12(8-16(20)23)21(29)25-9-18(27)28;1-12-7-14(20(24)18(8-12)25-15-3-2-4-15)11-28-21-16(22)9-13(10-17(21)23)5-6-19(26)27;20-14-7-11(9-17(24)25)8-15(21)19(14)26-10-12-3-1-6-16(18(12)22)23-13-4-2-5-13/h5-8,14,26H,2-4,9-10H2,1H3,(H,25,29)(H,27,28);7-10,15,25H,2-6,11H2,1H3,(H,26,27);1,3,6-8,13,23H,2,4-5,9-10H2,(H,24,25). The number of carbonyl (C=O) groups excluding carboxylic acids is 1. The summed E-state index contributed by atoms with van der Waals surface area (Å²) in [4.78, 5) is 44.2. The number of benzene rings is 6. The van der Waals surface area contributed by atoms with Gasteiger partial charge in [0, 0.05) is 46.8 Å². The highest BCUT2D eigenvalue weighted by atomic mass is 79.9. The van der Waals surface area contributed by atoms with Gasteiger partial charge in [-0.2, -0.15) is 0 Å². The number of amides is 1. The lowest BCUT2D eigenvalue weighted by Gasteiger charge is -2.28. The Labute approximate surface area is 527 Å². The van der Waals surface area contributed by atoms with Crippen LogP contribution in [-0.4, -0.2) is 63.8 Å². The third-order valence-corrected chi connectivity index (χ3v) is 16.7. The molecule has 0 aliphatic heterocycles. The van der Waals surface area contributed by atoms with E-state index in [1.807, 2.05) is 32.0 Å². The molecule has 6 aromatic carbocycles. The molecule has 0 spiro atoms. The molecule has 3 aliphatic carbocycles. The maximum atomic E-state index is 14.9. The van der Waals surface area contributed by atoms with Crippen LogP contribution in [-0.2, 0) is 47.0 Å². The number of carbonyl (C=O) groups is 4. The molecule has 448 valence electrons. The summed E-state index contributed by atoms with van der Waals surface area (Å²) in [5.74, 6) is -3.17. The van der Waals surface area contributed by atoms with Crippen LogP contribution >= 0.6 is 89.9 Å². The van der Waals surface area contributed by atoms with Crippen LogP contribution in [0.15, 0.2) is 87.8 Å². The van der Waals surface area contributed by atoms with Crippen molar-refractivity contribution in [3.63, 3.8) is 0 Å². The quantitative estimate of drug-likeness (QED) is 0.0319. The Bertz CT molecular complexity index is 3320. The minimum Gasteiger partial charge on any atom is -0.486 e. The molecular formula is C61H61Br2Cl5F2N4O10. The SMILES string of the molecule is Cc1cc(COc2c(Br)cc(C(=O)NCC(=O)O)cc2Br)c(F)c(NC2CCC2)c1.Cc1cc(COc2c(Cl)cc(CCC(=O)O)cc2Cl)c(F)c(NC2CCC2)c1.O=C(O)Cc1cc(Cl)c(OCc2cccc(NC3CCC3)c2Cl)c(Cl)c1. The first-order valence-corrected chi connectivity index (χ1v) is 30.4. The van der Waals surface area contributed by atoms with Crippen LogP contribution in [0.5, 0.6) is 17.2 Å². The number of halogens is 9. The maximum absolute atomic E-state index is 14.9. The molecule has 0 atom stereocenters. The van der Waals surface area contributed by atoms with Gasteiger partial charge in [-0.1, -0.05) is 70.1 Å². The average molecular weight is 1390 g/mol. The minimum atomic E-state index is -1.13. The predicted molar refractivity (Wildman–Crippen MR) is 333 cm³/mol. The molecule has 14 nitrogen and oxygen atoms in total. The average Bonchev–Trinajstić information content (AvgIpc) is 3.51. The fourth-order valence-electron chi connectivity index (χ4n) is 8.94. The molecule has 84 heavy (non-hydrogen) atoms. The molecule has 3 fully saturated rings. The minimum absolute atomic E-state index is 0.00855. The van der Waals surface area contributed by atoms with Gasteiger partial charge in [-0.25, -0.2) is 8.78 Å². The summed E-state index contributed by atoms with van der Waals surface area (Å²) in [5.41, 5.74) is 6.89. The highest BCUT2D eigenvalue weighted by molar-refractivity contribution is 9.11. The second kappa shape index (κ2) is 31.1. The molecule has 0 bridgehead atoms. The van der Waals surface area contributed by atoms with E-state index in [9.17, 15) is 28.0 Å². The number of ether oxygens (including phenoxy) is 3. The first-order valence-electron chi connectivity index (χ1n) is 26.9. The number of nitrogens with one attached hydrogen (secondary N) is 4. The zero-order valence-corrected chi connectivity index (χ0v) is 52.6. The molecule has 9 rings (SSSR count). The van der Waals surface area contributed by atoms with Gasteiger partial charge in [0.1, 0.15) is 32.1 Å². The highest BCUT2D eigenvalue weighted by Gasteiger charge is 2.24. The zero-order valence-electron chi connectivity index (χ0n) is 45.7. The van der Waals surface area contributed by atoms with E-state index in [0.29, 0.717) is 83.6 Å². The first-order chi connectivity index (χ1) is 40.0. The van der Waals surface area contributed by atoms with E-state index in [4.69, 9.17) is 87.5 Å². The molecule has 0 unspecified atom stereocenters. The molecule has 6 aromatic rings. The Balaban J connectivity index is 0.000000181. The second-order valence-corrected chi connectivity index (χ2v) is 24.3. The summed E-state index contributed by atoms with van der Waals surface area (Å²) < 4.78 is 48.1. The number of aliphatic carboxylic acids is 3. The highest BCUT2D eigenvalue weighted by Crippen LogP contribution is 2.40. The number of hydrogen-bond donors (Lipinski definition) is 7. The summed E-state index contributed by atoms with van der Waals surface area (Å²) in [7, 11) is 0. The van der Waals surface area contributed by atoms with Crippen LogP contribution in [0.4, 0.5) is 25.8 Å².